The molecule has 0 bridgehead atoms. The molecule has 0 amide bonds. The Hall–Kier alpha value is -2.62. The van der Waals surface area contributed by atoms with Crippen LogP contribution in [0.3, 0.4) is 0 Å². The lowest BCUT2D eigenvalue weighted by Gasteiger charge is -2.20. The smallest absolute Gasteiger partial charge is 0.119 e. The van der Waals surface area contributed by atoms with Crippen LogP contribution in [0.1, 0.15) is 29.2 Å². The van der Waals surface area contributed by atoms with Crippen LogP contribution in [-0.2, 0) is 6.54 Å². The SMILES string of the molecule is NCCCOc1ccc(CNC(c2ccccc2)c2ccccc2)cc1. The minimum Gasteiger partial charge on any atom is -0.494 e. The molecule has 134 valence electrons. The second kappa shape index (κ2) is 9.76. The Morgan fingerprint density at radius 1 is 0.769 bits per heavy atom. The van der Waals surface area contributed by atoms with Gasteiger partial charge in [0, 0.05) is 6.54 Å². The van der Waals surface area contributed by atoms with E-state index in [1.807, 2.05) is 12.1 Å². The molecule has 0 saturated carbocycles. The topological polar surface area (TPSA) is 47.3 Å². The van der Waals surface area contributed by atoms with Crippen LogP contribution >= 0.6 is 0 Å². The summed E-state index contributed by atoms with van der Waals surface area (Å²) in [6.07, 6.45) is 0.874. The summed E-state index contributed by atoms with van der Waals surface area (Å²) in [5, 5.41) is 3.68. The largest absolute Gasteiger partial charge is 0.494 e. The fourth-order valence-corrected chi connectivity index (χ4v) is 2.92. The molecule has 0 spiro atoms. The number of hydrogen-bond acceptors (Lipinski definition) is 3. The van der Waals surface area contributed by atoms with E-state index in [-0.39, 0.29) is 6.04 Å². The maximum atomic E-state index is 5.67. The summed E-state index contributed by atoms with van der Waals surface area (Å²) in [5.41, 5.74) is 9.25. The van der Waals surface area contributed by atoms with Crippen molar-refractivity contribution in [2.24, 2.45) is 5.73 Å². The summed E-state index contributed by atoms with van der Waals surface area (Å²) in [6, 6.07) is 29.5. The van der Waals surface area contributed by atoms with Crippen LogP contribution in [0.4, 0.5) is 0 Å². The van der Waals surface area contributed by atoms with Gasteiger partial charge < -0.3 is 15.8 Å². The maximum absolute atomic E-state index is 5.67. The molecule has 0 heterocycles. The molecule has 0 unspecified atom stereocenters. The highest BCUT2D eigenvalue weighted by atomic mass is 16.5. The lowest BCUT2D eigenvalue weighted by atomic mass is 9.98. The molecular formula is C23H26N2O. The third-order valence-electron chi connectivity index (χ3n) is 4.32. The normalized spacial score (nSPS) is 10.8. The van der Waals surface area contributed by atoms with Gasteiger partial charge in [-0.1, -0.05) is 72.8 Å². The van der Waals surface area contributed by atoms with E-state index < -0.39 is 0 Å². The van der Waals surface area contributed by atoms with Gasteiger partial charge in [-0.2, -0.15) is 0 Å². The molecule has 0 fully saturated rings. The Balaban J connectivity index is 1.66. The molecular weight excluding hydrogens is 320 g/mol. The standard InChI is InChI=1S/C23H26N2O/c24-16-7-17-26-22-14-12-19(13-15-22)18-25-23(20-8-3-1-4-9-20)21-10-5-2-6-11-21/h1-6,8-15,23,25H,7,16-18,24H2. The molecule has 26 heavy (non-hydrogen) atoms. The third-order valence-corrected chi connectivity index (χ3v) is 4.32. The molecule has 0 atom stereocenters. The van der Waals surface area contributed by atoms with Gasteiger partial charge in [-0.15, -0.1) is 0 Å². The van der Waals surface area contributed by atoms with Gasteiger partial charge in [-0.05, 0) is 41.8 Å². The fraction of sp³-hybridized carbons (Fsp3) is 0.217. The Kier molecular flexibility index (Phi) is 6.82. The molecule has 3 rings (SSSR count). The van der Waals surface area contributed by atoms with Gasteiger partial charge in [-0.3, -0.25) is 0 Å². The zero-order valence-corrected chi connectivity index (χ0v) is 15.0. The molecule has 0 aromatic heterocycles. The number of benzene rings is 3. The number of hydrogen-bond donors (Lipinski definition) is 2. The van der Waals surface area contributed by atoms with Crippen LogP contribution in [0.5, 0.6) is 5.75 Å². The molecule has 0 aliphatic rings. The first kappa shape index (κ1) is 18.2. The van der Waals surface area contributed by atoms with Crippen molar-refractivity contribution in [1.82, 2.24) is 5.32 Å². The van der Waals surface area contributed by atoms with E-state index in [4.69, 9.17) is 10.5 Å². The predicted molar refractivity (Wildman–Crippen MR) is 107 cm³/mol. The Labute approximate surface area is 155 Å². The number of nitrogens with two attached hydrogens (primary N) is 1. The number of rotatable bonds is 9. The molecule has 0 aliphatic heterocycles. The summed E-state index contributed by atoms with van der Waals surface area (Å²) in [6.45, 7) is 2.11. The average Bonchev–Trinajstić information content (AvgIpc) is 2.71. The summed E-state index contributed by atoms with van der Waals surface area (Å²) in [7, 11) is 0. The minimum atomic E-state index is 0.165. The van der Waals surface area contributed by atoms with Crippen molar-refractivity contribution < 1.29 is 4.74 Å². The highest BCUT2D eigenvalue weighted by Gasteiger charge is 2.12. The Bertz CT molecular complexity index is 718. The molecule has 3 aromatic carbocycles. The van der Waals surface area contributed by atoms with Crippen molar-refractivity contribution in [3.8, 4) is 5.75 Å². The van der Waals surface area contributed by atoms with Gasteiger partial charge >= 0.3 is 0 Å². The molecule has 0 radical (unpaired) electrons. The summed E-state index contributed by atoms with van der Waals surface area (Å²) in [4.78, 5) is 0. The molecule has 0 aliphatic carbocycles. The van der Waals surface area contributed by atoms with Crippen molar-refractivity contribution in [3.63, 3.8) is 0 Å². The predicted octanol–water partition coefficient (Wildman–Crippen LogP) is 4.29. The highest BCUT2D eigenvalue weighted by Crippen LogP contribution is 2.22. The molecule has 3 N–H and O–H groups in total. The lowest BCUT2D eigenvalue weighted by molar-refractivity contribution is 0.313. The second-order valence-electron chi connectivity index (χ2n) is 6.27. The summed E-state index contributed by atoms with van der Waals surface area (Å²) in [5.74, 6) is 0.893. The van der Waals surface area contributed by atoms with Crippen LogP contribution in [0.25, 0.3) is 0 Å². The monoisotopic (exact) mass is 346 g/mol. The zero-order valence-electron chi connectivity index (χ0n) is 15.0. The van der Waals surface area contributed by atoms with Crippen LogP contribution in [0, 0.1) is 0 Å². The van der Waals surface area contributed by atoms with E-state index >= 15 is 0 Å². The third kappa shape index (κ3) is 5.19. The van der Waals surface area contributed by atoms with E-state index in [0.29, 0.717) is 13.2 Å². The van der Waals surface area contributed by atoms with E-state index in [2.05, 4.69) is 78.1 Å². The van der Waals surface area contributed by atoms with Gasteiger partial charge in [0.1, 0.15) is 5.75 Å². The molecule has 0 saturated heterocycles. The van der Waals surface area contributed by atoms with Gasteiger partial charge in [0.2, 0.25) is 0 Å². The summed E-state index contributed by atoms with van der Waals surface area (Å²) < 4.78 is 5.67. The van der Waals surface area contributed by atoms with Gasteiger partial charge in [-0.25, -0.2) is 0 Å². The van der Waals surface area contributed by atoms with E-state index in [1.54, 1.807) is 0 Å². The fourth-order valence-electron chi connectivity index (χ4n) is 2.92. The van der Waals surface area contributed by atoms with Crippen molar-refractivity contribution in [3.05, 3.63) is 102 Å². The van der Waals surface area contributed by atoms with Crippen LogP contribution in [0.2, 0.25) is 0 Å². The number of ether oxygens (including phenoxy) is 1. The van der Waals surface area contributed by atoms with Crippen LogP contribution in [-0.4, -0.2) is 13.2 Å². The molecule has 3 aromatic rings. The second-order valence-corrected chi connectivity index (χ2v) is 6.27. The lowest BCUT2D eigenvalue weighted by Crippen LogP contribution is -2.22. The van der Waals surface area contributed by atoms with Gasteiger partial charge in [0.05, 0.1) is 12.6 Å². The average molecular weight is 346 g/mol. The van der Waals surface area contributed by atoms with Gasteiger partial charge in [0.25, 0.3) is 0 Å². The highest BCUT2D eigenvalue weighted by molar-refractivity contribution is 5.32. The molecule has 3 heteroatoms. The Morgan fingerprint density at radius 3 is 1.88 bits per heavy atom. The van der Waals surface area contributed by atoms with Gasteiger partial charge in [0.15, 0.2) is 0 Å². The number of nitrogens with one attached hydrogen (secondary N) is 1. The van der Waals surface area contributed by atoms with Crippen molar-refractivity contribution in [2.45, 2.75) is 19.0 Å². The maximum Gasteiger partial charge on any atom is 0.119 e. The molecule has 3 nitrogen and oxygen atoms in total. The summed E-state index contributed by atoms with van der Waals surface area (Å²) >= 11 is 0. The van der Waals surface area contributed by atoms with E-state index in [9.17, 15) is 0 Å². The van der Waals surface area contributed by atoms with Crippen molar-refractivity contribution in [2.75, 3.05) is 13.2 Å². The Morgan fingerprint density at radius 2 is 1.35 bits per heavy atom. The van der Waals surface area contributed by atoms with Crippen molar-refractivity contribution in [1.29, 1.82) is 0 Å². The zero-order chi connectivity index (χ0) is 18.0. The van der Waals surface area contributed by atoms with E-state index in [0.717, 1.165) is 18.7 Å². The first-order valence-electron chi connectivity index (χ1n) is 9.12. The first-order chi connectivity index (χ1) is 12.9. The first-order valence-corrected chi connectivity index (χ1v) is 9.12. The quantitative estimate of drug-likeness (QED) is 0.568. The van der Waals surface area contributed by atoms with Crippen LogP contribution < -0.4 is 15.8 Å². The van der Waals surface area contributed by atoms with Crippen LogP contribution in [0.15, 0.2) is 84.9 Å². The van der Waals surface area contributed by atoms with E-state index in [1.165, 1.54) is 16.7 Å². The van der Waals surface area contributed by atoms with Crippen molar-refractivity contribution >= 4 is 0 Å². The minimum absolute atomic E-state index is 0.165.